The number of methoxy groups -OCH3 is 2. The third kappa shape index (κ3) is 4.38. The molecule has 0 saturated heterocycles. The predicted molar refractivity (Wildman–Crippen MR) is 102 cm³/mol. The Hall–Kier alpha value is -2.91. The highest BCUT2D eigenvalue weighted by molar-refractivity contribution is 7.13. The number of rotatable bonds is 7. The highest BCUT2D eigenvalue weighted by Gasteiger charge is 2.13. The summed E-state index contributed by atoms with van der Waals surface area (Å²) in [5.41, 5.74) is 14.6. The van der Waals surface area contributed by atoms with Gasteiger partial charge in [0.1, 0.15) is 0 Å². The molecule has 3 rings (SSSR count). The van der Waals surface area contributed by atoms with E-state index in [1.807, 2.05) is 29.6 Å². The van der Waals surface area contributed by atoms with Crippen LogP contribution >= 0.6 is 11.3 Å². The number of thiazole rings is 1. The minimum Gasteiger partial charge on any atom is -0.481 e. The SMILES string of the molecule is COc1cc(OC)nc(Nc2nc(C(N)Cc3ccc(N)cc3)cs2)n1. The van der Waals surface area contributed by atoms with Gasteiger partial charge in [-0.2, -0.15) is 9.97 Å². The number of nitrogens with one attached hydrogen (secondary N) is 1. The van der Waals surface area contributed by atoms with Crippen molar-refractivity contribution in [2.45, 2.75) is 12.5 Å². The number of nitrogen functional groups attached to an aromatic ring is 1. The van der Waals surface area contributed by atoms with Gasteiger partial charge in [-0.1, -0.05) is 12.1 Å². The van der Waals surface area contributed by atoms with E-state index >= 15 is 0 Å². The van der Waals surface area contributed by atoms with Gasteiger partial charge in [-0.15, -0.1) is 11.3 Å². The van der Waals surface area contributed by atoms with E-state index in [1.165, 1.54) is 25.6 Å². The van der Waals surface area contributed by atoms with Crippen LogP contribution in [0.4, 0.5) is 16.8 Å². The lowest BCUT2D eigenvalue weighted by Crippen LogP contribution is -2.14. The van der Waals surface area contributed by atoms with Crippen molar-refractivity contribution in [3.05, 3.63) is 47.0 Å². The van der Waals surface area contributed by atoms with Gasteiger partial charge in [-0.3, -0.25) is 5.32 Å². The predicted octanol–water partition coefficient (Wildman–Crippen LogP) is 2.52. The van der Waals surface area contributed by atoms with Gasteiger partial charge in [-0.25, -0.2) is 4.98 Å². The summed E-state index contributed by atoms with van der Waals surface area (Å²) in [4.78, 5) is 13.0. The summed E-state index contributed by atoms with van der Waals surface area (Å²) in [6, 6.07) is 9.05. The molecule has 8 nitrogen and oxygen atoms in total. The summed E-state index contributed by atoms with van der Waals surface area (Å²) in [6.45, 7) is 0. The number of benzene rings is 1. The quantitative estimate of drug-likeness (QED) is 0.541. The molecule has 0 fully saturated rings. The molecule has 1 unspecified atom stereocenters. The van der Waals surface area contributed by atoms with Gasteiger partial charge in [0.15, 0.2) is 5.13 Å². The second kappa shape index (κ2) is 7.98. The number of aromatic nitrogens is 3. The smallest absolute Gasteiger partial charge is 0.235 e. The summed E-state index contributed by atoms with van der Waals surface area (Å²) in [7, 11) is 3.06. The van der Waals surface area contributed by atoms with Gasteiger partial charge in [0.2, 0.25) is 17.7 Å². The van der Waals surface area contributed by atoms with Crippen LogP contribution in [-0.2, 0) is 6.42 Å². The molecule has 0 spiro atoms. The molecule has 1 aromatic carbocycles. The summed E-state index contributed by atoms with van der Waals surface area (Å²) in [5.74, 6) is 1.14. The van der Waals surface area contributed by atoms with Gasteiger partial charge >= 0.3 is 0 Å². The molecule has 0 aliphatic carbocycles. The molecule has 2 aromatic heterocycles. The van der Waals surface area contributed by atoms with E-state index < -0.39 is 0 Å². The largest absolute Gasteiger partial charge is 0.481 e. The Morgan fingerprint density at radius 2 is 1.73 bits per heavy atom. The minimum absolute atomic E-state index is 0.216. The molecule has 136 valence electrons. The Balaban J connectivity index is 1.70. The van der Waals surface area contributed by atoms with Crippen molar-refractivity contribution < 1.29 is 9.47 Å². The molecule has 0 amide bonds. The van der Waals surface area contributed by atoms with Gasteiger partial charge in [-0.05, 0) is 24.1 Å². The van der Waals surface area contributed by atoms with Crippen molar-refractivity contribution in [1.29, 1.82) is 0 Å². The number of anilines is 3. The van der Waals surface area contributed by atoms with Crippen LogP contribution in [0.3, 0.4) is 0 Å². The molecule has 0 radical (unpaired) electrons. The highest BCUT2D eigenvalue weighted by atomic mass is 32.1. The van der Waals surface area contributed by atoms with Gasteiger partial charge < -0.3 is 20.9 Å². The average molecular weight is 372 g/mol. The third-order valence-electron chi connectivity index (χ3n) is 3.65. The molecule has 26 heavy (non-hydrogen) atoms. The van der Waals surface area contributed by atoms with Crippen LogP contribution in [0.5, 0.6) is 11.8 Å². The molecule has 0 aliphatic rings. The first-order chi connectivity index (χ1) is 12.6. The zero-order valence-corrected chi connectivity index (χ0v) is 15.3. The zero-order chi connectivity index (χ0) is 18.5. The Labute approximate surface area is 155 Å². The Morgan fingerprint density at radius 3 is 2.35 bits per heavy atom. The molecule has 5 N–H and O–H groups in total. The molecule has 1 atom stereocenters. The van der Waals surface area contributed by atoms with Crippen LogP contribution in [-0.4, -0.2) is 29.2 Å². The summed E-state index contributed by atoms with van der Waals surface area (Å²) >= 11 is 1.43. The first-order valence-corrected chi connectivity index (χ1v) is 8.75. The lowest BCUT2D eigenvalue weighted by Gasteiger charge is -2.09. The molecule has 2 heterocycles. The molecule has 0 aliphatic heterocycles. The molecular weight excluding hydrogens is 352 g/mol. The van der Waals surface area contributed by atoms with E-state index in [0.29, 0.717) is 29.3 Å². The van der Waals surface area contributed by atoms with Crippen LogP contribution in [0.2, 0.25) is 0 Å². The number of ether oxygens (including phenoxy) is 2. The van der Waals surface area contributed by atoms with Crippen LogP contribution in [0.15, 0.2) is 35.7 Å². The van der Waals surface area contributed by atoms with Crippen molar-refractivity contribution in [3.63, 3.8) is 0 Å². The van der Waals surface area contributed by atoms with Crippen LogP contribution in [0.1, 0.15) is 17.3 Å². The van der Waals surface area contributed by atoms with Crippen molar-refractivity contribution in [1.82, 2.24) is 15.0 Å². The monoisotopic (exact) mass is 372 g/mol. The Kier molecular flexibility index (Phi) is 5.49. The number of nitrogens with two attached hydrogens (primary N) is 2. The van der Waals surface area contributed by atoms with E-state index in [4.69, 9.17) is 20.9 Å². The molecule has 0 bridgehead atoms. The number of nitrogens with zero attached hydrogens (tertiary/aromatic N) is 3. The van der Waals surface area contributed by atoms with E-state index in [-0.39, 0.29) is 6.04 Å². The van der Waals surface area contributed by atoms with Crippen LogP contribution in [0.25, 0.3) is 0 Å². The minimum atomic E-state index is -0.216. The summed E-state index contributed by atoms with van der Waals surface area (Å²) < 4.78 is 10.3. The van der Waals surface area contributed by atoms with Crippen molar-refractivity contribution in [3.8, 4) is 11.8 Å². The molecular formula is C17H20N6O2S. The number of hydrogen-bond donors (Lipinski definition) is 3. The fraction of sp³-hybridized carbons (Fsp3) is 0.235. The fourth-order valence-electron chi connectivity index (χ4n) is 2.29. The van der Waals surface area contributed by atoms with E-state index in [2.05, 4.69) is 20.3 Å². The van der Waals surface area contributed by atoms with Crippen molar-refractivity contribution >= 4 is 28.1 Å². The van der Waals surface area contributed by atoms with Gasteiger partial charge in [0.05, 0.1) is 32.0 Å². The Bertz CT molecular complexity index is 846. The zero-order valence-electron chi connectivity index (χ0n) is 14.5. The lowest BCUT2D eigenvalue weighted by molar-refractivity contribution is 0.373. The van der Waals surface area contributed by atoms with Crippen molar-refractivity contribution in [2.75, 3.05) is 25.3 Å². The van der Waals surface area contributed by atoms with Crippen LogP contribution < -0.4 is 26.3 Å². The molecule has 0 saturated carbocycles. The topological polar surface area (TPSA) is 121 Å². The summed E-state index contributed by atoms with van der Waals surface area (Å²) in [6.07, 6.45) is 0.674. The van der Waals surface area contributed by atoms with Gasteiger partial charge in [0, 0.05) is 11.1 Å². The standard InChI is InChI=1S/C17H20N6O2S/c1-24-14-8-15(25-2)22-16(21-14)23-17-20-13(9-26-17)12(19)7-10-3-5-11(18)6-4-10/h3-6,8-9,12H,7,18-19H2,1-2H3,(H,20,21,22,23). The third-order valence-corrected chi connectivity index (χ3v) is 4.43. The van der Waals surface area contributed by atoms with E-state index in [1.54, 1.807) is 6.07 Å². The lowest BCUT2D eigenvalue weighted by atomic mass is 10.0. The van der Waals surface area contributed by atoms with Crippen molar-refractivity contribution in [2.24, 2.45) is 5.73 Å². The normalized spacial score (nSPS) is 11.8. The van der Waals surface area contributed by atoms with Crippen LogP contribution in [0, 0.1) is 0 Å². The molecule has 9 heteroatoms. The van der Waals surface area contributed by atoms with Gasteiger partial charge in [0.25, 0.3) is 0 Å². The maximum absolute atomic E-state index is 6.28. The average Bonchev–Trinajstić information content (AvgIpc) is 3.11. The first-order valence-electron chi connectivity index (χ1n) is 7.87. The van der Waals surface area contributed by atoms with E-state index in [0.717, 1.165) is 16.9 Å². The maximum Gasteiger partial charge on any atom is 0.235 e. The first kappa shape index (κ1) is 17.9. The highest BCUT2D eigenvalue weighted by Crippen LogP contribution is 2.25. The van der Waals surface area contributed by atoms with E-state index in [9.17, 15) is 0 Å². The second-order valence-electron chi connectivity index (χ2n) is 5.53. The second-order valence-corrected chi connectivity index (χ2v) is 6.39. The molecule has 3 aromatic rings. The maximum atomic E-state index is 6.28. The number of hydrogen-bond acceptors (Lipinski definition) is 9. The summed E-state index contributed by atoms with van der Waals surface area (Å²) in [5, 5.41) is 5.61. The fourth-order valence-corrected chi connectivity index (χ4v) is 3.06. The Morgan fingerprint density at radius 1 is 1.08 bits per heavy atom.